The molecule has 76 valence electrons. The molecule has 0 radical (unpaired) electrons. The highest BCUT2D eigenvalue weighted by Gasteiger charge is 2.26. The Bertz CT molecular complexity index is 326. The molecule has 0 bridgehead atoms. The number of carbonyl (C=O) groups excluding carboxylic acids is 1. The van der Waals surface area contributed by atoms with Gasteiger partial charge in [0, 0.05) is 18.7 Å². The maximum absolute atomic E-state index is 11.8. The summed E-state index contributed by atoms with van der Waals surface area (Å²) < 4.78 is 1.85. The van der Waals surface area contributed by atoms with Gasteiger partial charge in [-0.3, -0.25) is 9.48 Å². The van der Waals surface area contributed by atoms with Gasteiger partial charge in [0.1, 0.15) is 0 Å². The molecule has 1 aromatic rings. The fraction of sp³-hybridized carbons (Fsp3) is 0.636. The number of aromatic nitrogens is 2. The molecule has 0 saturated heterocycles. The third-order valence-corrected chi connectivity index (χ3v) is 2.85. The zero-order chi connectivity index (χ0) is 9.97. The average molecular weight is 192 g/mol. The Kier molecular flexibility index (Phi) is 2.66. The van der Waals surface area contributed by atoms with Crippen LogP contribution in [-0.2, 0) is 6.54 Å². The molecule has 0 aliphatic heterocycles. The third-order valence-electron chi connectivity index (χ3n) is 2.85. The normalized spacial score (nSPS) is 16.6. The molecule has 1 aromatic heterocycles. The monoisotopic (exact) mass is 192 g/mol. The van der Waals surface area contributed by atoms with E-state index in [9.17, 15) is 4.79 Å². The summed E-state index contributed by atoms with van der Waals surface area (Å²) in [6, 6.07) is 0. The van der Waals surface area contributed by atoms with Crippen LogP contribution in [0, 0.1) is 5.92 Å². The maximum Gasteiger partial charge on any atom is 0.169 e. The SMILES string of the molecule is CCCn1cc(C(=O)C2CCC2)cn1. The molecular weight excluding hydrogens is 176 g/mol. The summed E-state index contributed by atoms with van der Waals surface area (Å²) in [5, 5.41) is 4.16. The highest BCUT2D eigenvalue weighted by atomic mass is 16.1. The molecule has 0 amide bonds. The van der Waals surface area contributed by atoms with Gasteiger partial charge in [-0.2, -0.15) is 5.10 Å². The summed E-state index contributed by atoms with van der Waals surface area (Å²) in [5.74, 6) is 0.577. The number of ketones is 1. The molecule has 0 N–H and O–H groups in total. The Morgan fingerprint density at radius 1 is 1.64 bits per heavy atom. The Morgan fingerprint density at radius 2 is 2.43 bits per heavy atom. The van der Waals surface area contributed by atoms with E-state index in [1.54, 1.807) is 6.20 Å². The maximum atomic E-state index is 11.8. The van der Waals surface area contributed by atoms with E-state index < -0.39 is 0 Å². The van der Waals surface area contributed by atoms with Crippen molar-refractivity contribution < 1.29 is 4.79 Å². The lowest BCUT2D eigenvalue weighted by molar-refractivity contribution is 0.0855. The number of hydrogen-bond donors (Lipinski definition) is 0. The minimum Gasteiger partial charge on any atom is -0.294 e. The first-order valence-corrected chi connectivity index (χ1v) is 5.38. The largest absolute Gasteiger partial charge is 0.294 e. The molecule has 0 spiro atoms. The summed E-state index contributed by atoms with van der Waals surface area (Å²) >= 11 is 0. The molecule has 1 heterocycles. The second-order valence-corrected chi connectivity index (χ2v) is 3.98. The number of hydrogen-bond acceptors (Lipinski definition) is 2. The van der Waals surface area contributed by atoms with E-state index in [0.29, 0.717) is 5.78 Å². The van der Waals surface area contributed by atoms with Crippen LogP contribution in [0.1, 0.15) is 43.0 Å². The van der Waals surface area contributed by atoms with Crippen molar-refractivity contribution in [1.82, 2.24) is 9.78 Å². The fourth-order valence-electron chi connectivity index (χ4n) is 1.75. The third kappa shape index (κ3) is 1.72. The molecule has 1 aliphatic carbocycles. The smallest absolute Gasteiger partial charge is 0.169 e. The molecule has 0 aromatic carbocycles. The summed E-state index contributed by atoms with van der Waals surface area (Å²) in [5.41, 5.74) is 0.795. The first kappa shape index (κ1) is 9.44. The number of Topliss-reactive ketones (excluding diaryl/α,β-unsaturated/α-hetero) is 1. The van der Waals surface area contributed by atoms with Crippen LogP contribution in [0.2, 0.25) is 0 Å². The van der Waals surface area contributed by atoms with E-state index in [1.807, 2.05) is 10.9 Å². The van der Waals surface area contributed by atoms with Gasteiger partial charge >= 0.3 is 0 Å². The zero-order valence-corrected chi connectivity index (χ0v) is 8.57. The molecular formula is C11H16N2O. The van der Waals surface area contributed by atoms with Gasteiger partial charge in [-0.1, -0.05) is 13.3 Å². The van der Waals surface area contributed by atoms with Crippen molar-refractivity contribution in [3.05, 3.63) is 18.0 Å². The Balaban J connectivity index is 2.04. The Morgan fingerprint density at radius 3 is 3.00 bits per heavy atom. The van der Waals surface area contributed by atoms with E-state index in [4.69, 9.17) is 0 Å². The standard InChI is InChI=1S/C11H16N2O/c1-2-6-13-8-10(7-12-13)11(14)9-4-3-5-9/h7-9H,2-6H2,1H3. The number of aryl methyl sites for hydroxylation is 1. The van der Waals surface area contributed by atoms with Crippen molar-refractivity contribution >= 4 is 5.78 Å². The molecule has 0 atom stereocenters. The van der Waals surface area contributed by atoms with E-state index in [-0.39, 0.29) is 5.92 Å². The topological polar surface area (TPSA) is 34.9 Å². The number of nitrogens with zero attached hydrogens (tertiary/aromatic N) is 2. The highest BCUT2D eigenvalue weighted by Crippen LogP contribution is 2.29. The first-order valence-electron chi connectivity index (χ1n) is 5.38. The second-order valence-electron chi connectivity index (χ2n) is 3.98. The van der Waals surface area contributed by atoms with E-state index >= 15 is 0 Å². The molecule has 0 unspecified atom stereocenters. The molecule has 1 aliphatic rings. The highest BCUT2D eigenvalue weighted by molar-refractivity contribution is 5.97. The first-order chi connectivity index (χ1) is 6.81. The zero-order valence-electron chi connectivity index (χ0n) is 8.57. The predicted molar refractivity (Wildman–Crippen MR) is 54.2 cm³/mol. The lowest BCUT2D eigenvalue weighted by Crippen LogP contribution is -2.21. The summed E-state index contributed by atoms with van der Waals surface area (Å²) in [6.45, 7) is 3.01. The van der Waals surface area contributed by atoms with Crippen molar-refractivity contribution in [3.63, 3.8) is 0 Å². The van der Waals surface area contributed by atoms with E-state index in [0.717, 1.165) is 31.4 Å². The number of carbonyl (C=O) groups is 1. The summed E-state index contributed by atoms with van der Waals surface area (Å²) in [7, 11) is 0. The predicted octanol–water partition coefficient (Wildman–Crippen LogP) is 2.28. The van der Waals surface area contributed by atoms with E-state index in [2.05, 4.69) is 12.0 Å². The lowest BCUT2D eigenvalue weighted by Gasteiger charge is -2.22. The lowest BCUT2D eigenvalue weighted by atomic mass is 9.80. The van der Waals surface area contributed by atoms with Crippen LogP contribution >= 0.6 is 0 Å². The van der Waals surface area contributed by atoms with Crippen LogP contribution in [0.15, 0.2) is 12.4 Å². The molecule has 14 heavy (non-hydrogen) atoms. The van der Waals surface area contributed by atoms with Crippen LogP contribution < -0.4 is 0 Å². The summed E-state index contributed by atoms with van der Waals surface area (Å²) in [6.07, 6.45) is 7.98. The van der Waals surface area contributed by atoms with Crippen molar-refractivity contribution in [1.29, 1.82) is 0 Å². The second kappa shape index (κ2) is 3.95. The van der Waals surface area contributed by atoms with Crippen LogP contribution in [0.25, 0.3) is 0 Å². The van der Waals surface area contributed by atoms with Crippen LogP contribution in [-0.4, -0.2) is 15.6 Å². The van der Waals surface area contributed by atoms with Gasteiger partial charge in [-0.05, 0) is 19.3 Å². The van der Waals surface area contributed by atoms with Gasteiger partial charge in [0.25, 0.3) is 0 Å². The van der Waals surface area contributed by atoms with Gasteiger partial charge in [-0.15, -0.1) is 0 Å². The molecule has 1 fully saturated rings. The minimum absolute atomic E-state index is 0.286. The number of rotatable bonds is 4. The van der Waals surface area contributed by atoms with Crippen molar-refractivity contribution in [2.24, 2.45) is 5.92 Å². The Hall–Kier alpha value is -1.12. The van der Waals surface area contributed by atoms with Gasteiger partial charge in [-0.25, -0.2) is 0 Å². The van der Waals surface area contributed by atoms with E-state index in [1.165, 1.54) is 6.42 Å². The van der Waals surface area contributed by atoms with Crippen LogP contribution in [0.3, 0.4) is 0 Å². The minimum atomic E-state index is 0.286. The van der Waals surface area contributed by atoms with Gasteiger partial charge in [0.15, 0.2) is 5.78 Å². The van der Waals surface area contributed by atoms with Crippen LogP contribution in [0.5, 0.6) is 0 Å². The molecule has 3 heteroatoms. The molecule has 3 nitrogen and oxygen atoms in total. The molecule has 1 saturated carbocycles. The van der Waals surface area contributed by atoms with Gasteiger partial charge in [0.2, 0.25) is 0 Å². The van der Waals surface area contributed by atoms with Crippen molar-refractivity contribution in [3.8, 4) is 0 Å². The fourth-order valence-corrected chi connectivity index (χ4v) is 1.75. The summed E-state index contributed by atoms with van der Waals surface area (Å²) in [4.78, 5) is 11.8. The molecule has 2 rings (SSSR count). The average Bonchev–Trinajstić information content (AvgIpc) is 2.50. The quantitative estimate of drug-likeness (QED) is 0.686. The Labute approximate surface area is 84.1 Å². The van der Waals surface area contributed by atoms with Gasteiger partial charge in [0.05, 0.1) is 11.8 Å². The van der Waals surface area contributed by atoms with Crippen molar-refractivity contribution in [2.45, 2.75) is 39.2 Å². The van der Waals surface area contributed by atoms with Crippen molar-refractivity contribution in [2.75, 3.05) is 0 Å². The van der Waals surface area contributed by atoms with Crippen LogP contribution in [0.4, 0.5) is 0 Å². The van der Waals surface area contributed by atoms with Gasteiger partial charge < -0.3 is 0 Å².